The van der Waals surface area contributed by atoms with Crippen molar-refractivity contribution in [1.29, 1.82) is 0 Å². The fourth-order valence-electron chi connectivity index (χ4n) is 3.82. The summed E-state index contributed by atoms with van der Waals surface area (Å²) >= 11 is 0. The molecule has 2 aromatic carbocycles. The Labute approximate surface area is 230 Å². The summed E-state index contributed by atoms with van der Waals surface area (Å²) in [5.74, 6) is -0.783. The van der Waals surface area contributed by atoms with Crippen molar-refractivity contribution in [2.75, 3.05) is 6.61 Å². The number of carbonyl (C=O) groups excluding carboxylic acids is 1. The monoisotopic (exact) mass is 570 g/mol. The Balaban J connectivity index is 1.70. The normalized spacial score (nSPS) is 12.2. The Morgan fingerprint density at radius 1 is 1.10 bits per heavy atom. The largest absolute Gasteiger partial charge is 0.489 e. The Morgan fingerprint density at radius 3 is 2.58 bits per heavy atom. The molecule has 40 heavy (non-hydrogen) atoms. The minimum absolute atomic E-state index is 0.00789. The van der Waals surface area contributed by atoms with Gasteiger partial charge in [0.05, 0.1) is 24.0 Å². The number of hydrogen-bond acceptors (Lipinski definition) is 7. The molecule has 11 heteroatoms. The summed E-state index contributed by atoms with van der Waals surface area (Å²) in [5, 5.41) is 0.371. The van der Waals surface area contributed by atoms with E-state index in [1.165, 1.54) is 39.1 Å². The number of carbonyl (C=O) groups is 1. The van der Waals surface area contributed by atoms with E-state index in [9.17, 15) is 17.6 Å². The lowest BCUT2D eigenvalue weighted by Gasteiger charge is -2.14. The van der Waals surface area contributed by atoms with Crippen LogP contribution in [0.2, 0.25) is 0 Å². The third kappa shape index (κ3) is 6.36. The zero-order valence-corrected chi connectivity index (χ0v) is 23.2. The van der Waals surface area contributed by atoms with Crippen LogP contribution in [0.25, 0.3) is 22.1 Å². The van der Waals surface area contributed by atoms with E-state index in [0.717, 1.165) is 6.21 Å². The van der Waals surface area contributed by atoms with Gasteiger partial charge < -0.3 is 13.9 Å². The van der Waals surface area contributed by atoms with Crippen molar-refractivity contribution in [2.24, 2.45) is 4.40 Å². The van der Waals surface area contributed by atoms with Gasteiger partial charge in [-0.1, -0.05) is 18.2 Å². The number of sulfonamides is 1. The highest BCUT2D eigenvalue weighted by molar-refractivity contribution is 7.91. The maximum Gasteiger partial charge on any atom is 0.310 e. The third-order valence-electron chi connectivity index (χ3n) is 5.95. The van der Waals surface area contributed by atoms with Gasteiger partial charge in [-0.15, -0.1) is 0 Å². The highest BCUT2D eigenvalue weighted by Gasteiger charge is 2.28. The van der Waals surface area contributed by atoms with Crippen molar-refractivity contribution in [1.82, 2.24) is 4.98 Å². The van der Waals surface area contributed by atoms with E-state index in [4.69, 9.17) is 13.9 Å². The van der Waals surface area contributed by atoms with Crippen LogP contribution < -0.4 is 4.74 Å². The molecule has 4 aromatic rings. The Kier molecular flexibility index (Phi) is 8.34. The van der Waals surface area contributed by atoms with Crippen LogP contribution in [0, 0.1) is 11.8 Å². The van der Waals surface area contributed by atoms with Gasteiger partial charge in [0.15, 0.2) is 5.82 Å². The van der Waals surface area contributed by atoms with Gasteiger partial charge in [-0.25, -0.2) is 12.8 Å². The van der Waals surface area contributed by atoms with E-state index in [1.54, 1.807) is 43.3 Å². The van der Waals surface area contributed by atoms with Crippen LogP contribution in [0.5, 0.6) is 5.75 Å². The molecule has 0 amide bonds. The molecular formula is C29H28F2N2O6S. The number of rotatable bonds is 9. The average Bonchev–Trinajstić information content (AvgIpc) is 3.27. The van der Waals surface area contributed by atoms with Gasteiger partial charge in [0.1, 0.15) is 23.6 Å². The molecule has 0 unspecified atom stereocenters. The van der Waals surface area contributed by atoms with Crippen molar-refractivity contribution >= 4 is 33.2 Å². The molecular weight excluding hydrogens is 542 g/mol. The topological polar surface area (TPSA) is 108 Å². The SMILES string of the molecule is CCOC(=O)Cc1ccccc1OCc1cc(-c2ccnc(C=NS(=O)(=O)C(C)(C)C)c2F)c2oc(F)cc2c1. The molecule has 0 spiro atoms. The molecule has 0 radical (unpaired) electrons. The molecule has 0 saturated carbocycles. The molecule has 0 atom stereocenters. The number of furan rings is 1. The summed E-state index contributed by atoms with van der Waals surface area (Å²) in [6.45, 7) is 6.43. The van der Waals surface area contributed by atoms with Gasteiger partial charge in [0, 0.05) is 34.3 Å². The lowest BCUT2D eigenvalue weighted by molar-refractivity contribution is -0.142. The number of ether oxygens (including phenoxy) is 2. The van der Waals surface area contributed by atoms with Crippen LogP contribution in [0.4, 0.5) is 8.78 Å². The smallest absolute Gasteiger partial charge is 0.310 e. The highest BCUT2D eigenvalue weighted by Crippen LogP contribution is 2.34. The predicted molar refractivity (Wildman–Crippen MR) is 147 cm³/mol. The van der Waals surface area contributed by atoms with Gasteiger partial charge in [-0.3, -0.25) is 9.78 Å². The van der Waals surface area contributed by atoms with E-state index in [-0.39, 0.29) is 48.0 Å². The first-order valence-electron chi connectivity index (χ1n) is 12.4. The van der Waals surface area contributed by atoms with Crippen molar-refractivity contribution in [3.05, 3.63) is 83.4 Å². The maximum atomic E-state index is 15.6. The minimum Gasteiger partial charge on any atom is -0.489 e. The van der Waals surface area contributed by atoms with Crippen molar-refractivity contribution in [3.63, 3.8) is 0 Å². The van der Waals surface area contributed by atoms with Crippen LogP contribution in [-0.4, -0.2) is 36.9 Å². The second-order valence-corrected chi connectivity index (χ2v) is 12.3. The van der Waals surface area contributed by atoms with Gasteiger partial charge in [0.2, 0.25) is 0 Å². The molecule has 210 valence electrons. The van der Waals surface area contributed by atoms with Crippen LogP contribution in [0.3, 0.4) is 0 Å². The van der Waals surface area contributed by atoms with Crippen LogP contribution in [0.15, 0.2) is 63.5 Å². The number of aromatic nitrogens is 1. The molecule has 2 heterocycles. The molecule has 0 N–H and O–H groups in total. The Hall–Kier alpha value is -4.12. The molecule has 0 bridgehead atoms. The van der Waals surface area contributed by atoms with Crippen molar-refractivity contribution in [2.45, 2.75) is 45.5 Å². The lowest BCUT2D eigenvalue weighted by Crippen LogP contribution is -2.25. The molecule has 0 aliphatic heterocycles. The summed E-state index contributed by atoms with van der Waals surface area (Å²) < 4.78 is 73.2. The molecule has 4 rings (SSSR count). The number of esters is 1. The first-order chi connectivity index (χ1) is 18.9. The van der Waals surface area contributed by atoms with Crippen LogP contribution >= 0.6 is 0 Å². The summed E-state index contributed by atoms with van der Waals surface area (Å²) in [7, 11) is -3.93. The van der Waals surface area contributed by atoms with Gasteiger partial charge in [0.25, 0.3) is 16.0 Å². The van der Waals surface area contributed by atoms with E-state index in [1.807, 2.05) is 0 Å². The zero-order chi connectivity index (χ0) is 29.1. The van der Waals surface area contributed by atoms with E-state index in [0.29, 0.717) is 22.3 Å². The maximum absolute atomic E-state index is 15.6. The first kappa shape index (κ1) is 28.9. The third-order valence-corrected chi connectivity index (χ3v) is 7.88. The standard InChI is InChI=1S/C29H28F2N2O6S/c1-5-37-26(34)15-19-8-6-7-9-24(19)38-17-18-12-20-14-25(30)39-28(20)22(13-18)21-10-11-32-23(27(21)31)16-33-40(35,36)29(2,3)4/h6-14,16H,5,15,17H2,1-4H3. The highest BCUT2D eigenvalue weighted by atomic mass is 32.2. The number of benzene rings is 2. The summed E-state index contributed by atoms with van der Waals surface area (Å²) in [6, 6.07) is 11.9. The summed E-state index contributed by atoms with van der Waals surface area (Å²) in [5.41, 5.74) is 1.21. The molecule has 2 aromatic heterocycles. The zero-order valence-electron chi connectivity index (χ0n) is 22.4. The van der Waals surface area contributed by atoms with Gasteiger partial charge in [-0.2, -0.15) is 8.79 Å². The Bertz CT molecular complexity index is 1690. The molecule has 0 aliphatic carbocycles. The molecule has 0 fully saturated rings. The lowest BCUT2D eigenvalue weighted by atomic mass is 10.00. The number of para-hydroxylation sites is 1. The van der Waals surface area contributed by atoms with Gasteiger partial charge >= 0.3 is 5.97 Å². The van der Waals surface area contributed by atoms with Crippen molar-refractivity contribution < 1.29 is 35.9 Å². The fraction of sp³-hybridized carbons (Fsp3) is 0.276. The molecule has 0 aliphatic rings. The summed E-state index contributed by atoms with van der Waals surface area (Å²) in [4.78, 5) is 15.9. The number of hydrogen-bond donors (Lipinski definition) is 0. The Morgan fingerprint density at radius 2 is 1.85 bits per heavy atom. The second kappa shape index (κ2) is 11.5. The average molecular weight is 571 g/mol. The number of nitrogens with zero attached hydrogens (tertiary/aromatic N) is 2. The number of fused-ring (bicyclic) bond motifs is 1. The minimum atomic E-state index is -3.93. The van der Waals surface area contributed by atoms with Crippen molar-refractivity contribution in [3.8, 4) is 16.9 Å². The fourth-order valence-corrected chi connectivity index (χ4v) is 4.38. The van der Waals surface area contributed by atoms with E-state index in [2.05, 4.69) is 9.38 Å². The molecule has 8 nitrogen and oxygen atoms in total. The molecule has 0 saturated heterocycles. The quantitative estimate of drug-likeness (QED) is 0.179. The summed E-state index contributed by atoms with van der Waals surface area (Å²) in [6.07, 6.45) is 2.18. The van der Waals surface area contributed by atoms with E-state index < -0.39 is 26.6 Å². The second-order valence-electron chi connectivity index (χ2n) is 9.87. The predicted octanol–water partition coefficient (Wildman–Crippen LogP) is 6.00. The van der Waals surface area contributed by atoms with Crippen LogP contribution in [0.1, 0.15) is 44.5 Å². The van der Waals surface area contributed by atoms with Crippen LogP contribution in [-0.2, 0) is 32.6 Å². The first-order valence-corrected chi connectivity index (χ1v) is 13.9. The number of pyridine rings is 1. The van der Waals surface area contributed by atoms with Gasteiger partial charge in [-0.05, 0) is 57.5 Å². The number of halogens is 2. The van der Waals surface area contributed by atoms with E-state index >= 15 is 4.39 Å².